The van der Waals surface area contributed by atoms with Gasteiger partial charge in [-0.15, -0.1) is 0 Å². The first kappa shape index (κ1) is 17.7. The van der Waals surface area contributed by atoms with Crippen LogP contribution in [-0.2, 0) is 11.3 Å². The molecule has 1 saturated carbocycles. The van der Waals surface area contributed by atoms with Crippen LogP contribution in [0.2, 0.25) is 0 Å². The van der Waals surface area contributed by atoms with Crippen LogP contribution in [0.15, 0.2) is 29.3 Å². The smallest absolute Gasteiger partial charge is 0.193 e. The average Bonchev–Trinajstić information content (AvgIpc) is 3.06. The predicted octanol–water partition coefficient (Wildman–Crippen LogP) is 3.18. The Bertz CT molecular complexity index is 484. The van der Waals surface area contributed by atoms with Gasteiger partial charge in [0.05, 0.1) is 6.10 Å². The molecule has 0 amide bonds. The summed E-state index contributed by atoms with van der Waals surface area (Å²) in [5, 5.41) is 3.35. The van der Waals surface area contributed by atoms with Crippen LogP contribution in [-0.4, -0.2) is 44.2 Å². The van der Waals surface area contributed by atoms with Gasteiger partial charge in [0.25, 0.3) is 0 Å². The van der Waals surface area contributed by atoms with Gasteiger partial charge < -0.3 is 15.0 Å². The molecule has 0 aliphatic heterocycles. The second kappa shape index (κ2) is 9.50. The summed E-state index contributed by atoms with van der Waals surface area (Å²) in [7, 11) is 3.76. The minimum absolute atomic E-state index is 0.207. The fourth-order valence-electron chi connectivity index (χ4n) is 2.90. The second-order valence-corrected chi connectivity index (χ2v) is 6.09. The van der Waals surface area contributed by atoms with Crippen LogP contribution >= 0.6 is 0 Å². The normalized spacial score (nSPS) is 15.9. The predicted molar refractivity (Wildman–Crippen MR) is 92.1 cm³/mol. The van der Waals surface area contributed by atoms with Crippen LogP contribution in [0.1, 0.15) is 37.7 Å². The van der Waals surface area contributed by atoms with Crippen molar-refractivity contribution < 1.29 is 9.13 Å². The topological polar surface area (TPSA) is 36.9 Å². The number of guanidine groups is 1. The lowest BCUT2D eigenvalue weighted by atomic mass is 10.2. The minimum Gasteiger partial charge on any atom is -0.378 e. The molecule has 0 radical (unpaired) electrons. The largest absolute Gasteiger partial charge is 0.378 e. The highest BCUT2D eigenvalue weighted by Crippen LogP contribution is 2.20. The Hall–Kier alpha value is -1.62. The van der Waals surface area contributed by atoms with Crippen LogP contribution in [0.25, 0.3) is 0 Å². The third-order valence-corrected chi connectivity index (χ3v) is 4.17. The first-order valence-electron chi connectivity index (χ1n) is 8.47. The number of hydrogen-bond donors (Lipinski definition) is 1. The monoisotopic (exact) mass is 321 g/mol. The third-order valence-electron chi connectivity index (χ3n) is 4.17. The molecule has 2 rings (SSSR count). The maximum atomic E-state index is 12.9. The van der Waals surface area contributed by atoms with Gasteiger partial charge >= 0.3 is 0 Å². The van der Waals surface area contributed by atoms with Gasteiger partial charge in [0.1, 0.15) is 5.82 Å². The van der Waals surface area contributed by atoms with Gasteiger partial charge in [-0.1, -0.05) is 25.0 Å². The lowest BCUT2D eigenvalue weighted by Crippen LogP contribution is -2.39. The third kappa shape index (κ3) is 6.18. The molecule has 0 atom stereocenters. The summed E-state index contributed by atoms with van der Waals surface area (Å²) in [6.45, 7) is 2.34. The molecule has 1 aliphatic rings. The van der Waals surface area contributed by atoms with E-state index in [1.807, 2.05) is 11.9 Å². The van der Waals surface area contributed by atoms with Crippen molar-refractivity contribution in [3.8, 4) is 0 Å². The van der Waals surface area contributed by atoms with Crippen molar-refractivity contribution in [2.45, 2.75) is 44.8 Å². The summed E-state index contributed by atoms with van der Waals surface area (Å²) >= 11 is 0. The molecule has 0 bridgehead atoms. The fraction of sp³-hybridized carbons (Fsp3) is 0.611. The van der Waals surface area contributed by atoms with Gasteiger partial charge in [-0.05, 0) is 37.0 Å². The molecule has 5 heteroatoms. The molecule has 4 nitrogen and oxygen atoms in total. The van der Waals surface area contributed by atoms with Crippen molar-refractivity contribution >= 4 is 5.96 Å². The van der Waals surface area contributed by atoms with E-state index in [2.05, 4.69) is 10.3 Å². The first-order chi connectivity index (χ1) is 11.2. The Morgan fingerprint density at radius 2 is 2.00 bits per heavy atom. The Morgan fingerprint density at radius 3 is 2.65 bits per heavy atom. The molecule has 0 saturated heterocycles. The van der Waals surface area contributed by atoms with E-state index in [1.54, 1.807) is 19.2 Å². The quantitative estimate of drug-likeness (QED) is 0.476. The van der Waals surface area contributed by atoms with Crippen molar-refractivity contribution in [2.75, 3.05) is 27.2 Å². The standard InChI is InChI=1S/C18H28FN3O/c1-20-18(21-12-5-13-23-17-6-3-4-7-17)22(2)14-15-8-10-16(19)11-9-15/h8-11,17H,3-7,12-14H2,1-2H3,(H,20,21). The molecule has 0 aromatic heterocycles. The van der Waals surface area contributed by atoms with Crippen molar-refractivity contribution in [1.29, 1.82) is 0 Å². The van der Waals surface area contributed by atoms with E-state index in [9.17, 15) is 4.39 Å². The zero-order valence-electron chi connectivity index (χ0n) is 14.2. The number of halogens is 1. The van der Waals surface area contributed by atoms with Crippen molar-refractivity contribution in [3.05, 3.63) is 35.6 Å². The van der Waals surface area contributed by atoms with Crippen molar-refractivity contribution in [3.63, 3.8) is 0 Å². The number of aliphatic imine (C=N–C) groups is 1. The summed E-state index contributed by atoms with van der Waals surface area (Å²) in [4.78, 5) is 6.33. The van der Waals surface area contributed by atoms with Crippen LogP contribution in [0, 0.1) is 5.82 Å². The van der Waals surface area contributed by atoms with E-state index in [-0.39, 0.29) is 5.82 Å². The molecule has 1 aliphatic carbocycles. The molecule has 23 heavy (non-hydrogen) atoms. The molecule has 1 fully saturated rings. The minimum atomic E-state index is -0.207. The van der Waals surface area contributed by atoms with E-state index in [4.69, 9.17) is 4.74 Å². The molecular formula is C18H28FN3O. The van der Waals surface area contributed by atoms with Crippen LogP contribution < -0.4 is 5.32 Å². The van der Waals surface area contributed by atoms with Gasteiger partial charge in [0.15, 0.2) is 5.96 Å². The average molecular weight is 321 g/mol. The highest BCUT2D eigenvalue weighted by molar-refractivity contribution is 5.79. The summed E-state index contributed by atoms with van der Waals surface area (Å²) in [6, 6.07) is 6.57. The highest BCUT2D eigenvalue weighted by atomic mass is 19.1. The maximum Gasteiger partial charge on any atom is 0.193 e. The summed E-state index contributed by atoms with van der Waals surface area (Å²) in [6.07, 6.45) is 6.51. The van der Waals surface area contributed by atoms with Crippen LogP contribution in [0.4, 0.5) is 4.39 Å². The number of nitrogens with one attached hydrogen (secondary N) is 1. The number of rotatable bonds is 7. The zero-order chi connectivity index (χ0) is 16.5. The van der Waals surface area contributed by atoms with Gasteiger partial charge in [-0.3, -0.25) is 4.99 Å². The van der Waals surface area contributed by atoms with E-state index in [0.29, 0.717) is 12.6 Å². The molecule has 1 aromatic rings. The number of benzene rings is 1. The summed E-state index contributed by atoms with van der Waals surface area (Å²) in [5.41, 5.74) is 1.06. The van der Waals surface area contributed by atoms with E-state index >= 15 is 0 Å². The maximum absolute atomic E-state index is 12.9. The molecular weight excluding hydrogens is 293 g/mol. The van der Waals surface area contributed by atoms with E-state index < -0.39 is 0 Å². The fourth-order valence-corrected chi connectivity index (χ4v) is 2.90. The van der Waals surface area contributed by atoms with E-state index in [0.717, 1.165) is 31.1 Å². The summed E-state index contributed by atoms with van der Waals surface area (Å²) < 4.78 is 18.8. The van der Waals surface area contributed by atoms with Crippen molar-refractivity contribution in [1.82, 2.24) is 10.2 Å². The first-order valence-corrected chi connectivity index (χ1v) is 8.47. The second-order valence-electron chi connectivity index (χ2n) is 6.09. The molecule has 1 N–H and O–H groups in total. The molecule has 1 aromatic carbocycles. The lowest BCUT2D eigenvalue weighted by molar-refractivity contribution is 0.0573. The van der Waals surface area contributed by atoms with Crippen LogP contribution in [0.3, 0.4) is 0 Å². The highest BCUT2D eigenvalue weighted by Gasteiger charge is 2.14. The summed E-state index contributed by atoms with van der Waals surface area (Å²) in [5.74, 6) is 0.636. The molecule has 0 spiro atoms. The number of hydrogen-bond acceptors (Lipinski definition) is 2. The van der Waals surface area contributed by atoms with Gasteiger partial charge in [0.2, 0.25) is 0 Å². The van der Waals surface area contributed by atoms with Gasteiger partial charge in [0, 0.05) is 33.8 Å². The molecule has 128 valence electrons. The Labute approximate surface area is 138 Å². The van der Waals surface area contributed by atoms with E-state index in [1.165, 1.54) is 37.8 Å². The SMILES string of the molecule is CN=C(NCCCOC1CCCC1)N(C)Cc1ccc(F)cc1. The zero-order valence-corrected chi connectivity index (χ0v) is 14.2. The number of nitrogens with zero attached hydrogens (tertiary/aromatic N) is 2. The van der Waals surface area contributed by atoms with Gasteiger partial charge in [-0.2, -0.15) is 0 Å². The van der Waals surface area contributed by atoms with Gasteiger partial charge in [-0.25, -0.2) is 4.39 Å². The Morgan fingerprint density at radius 1 is 1.30 bits per heavy atom. The molecule has 0 heterocycles. The van der Waals surface area contributed by atoms with Crippen LogP contribution in [0.5, 0.6) is 0 Å². The number of ether oxygens (including phenoxy) is 1. The molecule has 0 unspecified atom stereocenters. The lowest BCUT2D eigenvalue weighted by Gasteiger charge is -2.22. The Balaban J connectivity index is 1.66. The Kier molecular flexibility index (Phi) is 7.33. The van der Waals surface area contributed by atoms with Crippen molar-refractivity contribution in [2.24, 2.45) is 4.99 Å².